The minimum atomic E-state index is 0.177. The first-order chi connectivity index (χ1) is 10.1. The number of hydrogen-bond acceptors (Lipinski definition) is 5. The van der Waals surface area contributed by atoms with Crippen molar-refractivity contribution in [1.82, 2.24) is 4.98 Å². The average Bonchev–Trinajstić information content (AvgIpc) is 2.89. The number of benzene rings is 1. The van der Waals surface area contributed by atoms with Gasteiger partial charge in [0.15, 0.2) is 5.13 Å². The molecule has 0 saturated heterocycles. The van der Waals surface area contributed by atoms with E-state index in [0.29, 0.717) is 13.2 Å². The van der Waals surface area contributed by atoms with Crippen molar-refractivity contribution in [2.24, 2.45) is 5.73 Å². The van der Waals surface area contributed by atoms with Gasteiger partial charge in [0.25, 0.3) is 0 Å². The van der Waals surface area contributed by atoms with Crippen LogP contribution in [0, 0.1) is 0 Å². The van der Waals surface area contributed by atoms with Gasteiger partial charge in [0.05, 0.1) is 18.3 Å². The molecular formula is C15H20ClN3OS. The van der Waals surface area contributed by atoms with E-state index in [1.165, 1.54) is 0 Å². The second kappa shape index (κ2) is 7.22. The Kier molecular flexibility index (Phi) is 5.58. The van der Waals surface area contributed by atoms with Gasteiger partial charge in [-0.1, -0.05) is 23.7 Å². The minimum Gasteiger partial charge on any atom is -0.378 e. The predicted octanol–water partition coefficient (Wildman–Crippen LogP) is 3.60. The quantitative estimate of drug-likeness (QED) is 0.881. The molecule has 114 valence electrons. The summed E-state index contributed by atoms with van der Waals surface area (Å²) in [5, 5.41) is 1.68. The number of nitrogens with two attached hydrogens (primary N) is 1. The van der Waals surface area contributed by atoms with E-state index in [4.69, 9.17) is 22.1 Å². The van der Waals surface area contributed by atoms with Crippen molar-refractivity contribution in [3.05, 3.63) is 45.4 Å². The Hall–Kier alpha value is -1.14. The third kappa shape index (κ3) is 3.74. The van der Waals surface area contributed by atoms with Gasteiger partial charge in [-0.25, -0.2) is 4.98 Å². The van der Waals surface area contributed by atoms with E-state index in [-0.39, 0.29) is 6.04 Å². The Morgan fingerprint density at radius 1 is 1.48 bits per heavy atom. The molecule has 0 aliphatic heterocycles. The molecule has 2 aromatic rings. The van der Waals surface area contributed by atoms with Gasteiger partial charge in [-0.05, 0) is 24.6 Å². The number of rotatable bonds is 6. The lowest BCUT2D eigenvalue weighted by Gasteiger charge is -2.24. The zero-order valence-electron chi connectivity index (χ0n) is 12.5. The van der Waals surface area contributed by atoms with Crippen LogP contribution >= 0.6 is 22.9 Å². The van der Waals surface area contributed by atoms with Gasteiger partial charge in [-0.15, -0.1) is 11.3 Å². The number of ether oxygens (including phenoxy) is 1. The maximum Gasteiger partial charge on any atom is 0.186 e. The van der Waals surface area contributed by atoms with Crippen LogP contribution in [-0.2, 0) is 17.9 Å². The molecule has 0 radical (unpaired) electrons. The Morgan fingerprint density at radius 3 is 2.86 bits per heavy atom. The van der Waals surface area contributed by atoms with Crippen LogP contribution in [0.1, 0.15) is 29.1 Å². The summed E-state index contributed by atoms with van der Waals surface area (Å²) in [7, 11) is 3.69. The number of methoxy groups -OCH3 is 1. The van der Waals surface area contributed by atoms with Crippen molar-refractivity contribution in [1.29, 1.82) is 0 Å². The van der Waals surface area contributed by atoms with Gasteiger partial charge >= 0.3 is 0 Å². The molecule has 0 saturated carbocycles. The third-order valence-electron chi connectivity index (χ3n) is 3.45. The molecule has 4 nitrogen and oxygen atoms in total. The third-order valence-corrected chi connectivity index (χ3v) is 4.89. The normalized spacial score (nSPS) is 12.4. The Morgan fingerprint density at radius 2 is 2.24 bits per heavy atom. The summed E-state index contributed by atoms with van der Waals surface area (Å²) in [5.74, 6) is 0. The minimum absolute atomic E-state index is 0.177. The molecule has 0 aliphatic carbocycles. The highest BCUT2D eigenvalue weighted by Crippen LogP contribution is 2.32. The Bertz CT molecular complexity index is 602. The summed E-state index contributed by atoms with van der Waals surface area (Å²) >= 11 is 7.68. The maximum absolute atomic E-state index is 6.07. The summed E-state index contributed by atoms with van der Waals surface area (Å²) in [4.78, 5) is 7.85. The van der Waals surface area contributed by atoms with E-state index >= 15 is 0 Å². The van der Waals surface area contributed by atoms with Gasteiger partial charge in [-0.3, -0.25) is 0 Å². The van der Waals surface area contributed by atoms with Crippen LogP contribution in [0.3, 0.4) is 0 Å². The molecule has 0 aliphatic rings. The molecule has 1 unspecified atom stereocenters. The van der Waals surface area contributed by atoms with Crippen molar-refractivity contribution in [3.8, 4) is 0 Å². The zero-order valence-corrected chi connectivity index (χ0v) is 14.0. The fraction of sp³-hybridized carbons (Fsp3) is 0.400. The second-order valence-electron chi connectivity index (χ2n) is 4.85. The molecule has 2 rings (SSSR count). The molecule has 1 heterocycles. The topological polar surface area (TPSA) is 51.4 Å². The number of aromatic nitrogens is 1. The molecule has 6 heteroatoms. The summed E-state index contributed by atoms with van der Waals surface area (Å²) < 4.78 is 5.18. The lowest BCUT2D eigenvalue weighted by Crippen LogP contribution is -2.21. The highest BCUT2D eigenvalue weighted by atomic mass is 35.5. The predicted molar refractivity (Wildman–Crippen MR) is 89.0 cm³/mol. The maximum atomic E-state index is 6.07. The standard InChI is InChI=1S/C15H20ClN3OS/c1-10(11-5-4-6-12(16)7-11)19(2)15-18-13(9-20-3)14(8-17)21-15/h4-7,10H,8-9,17H2,1-3H3. The van der Waals surface area contributed by atoms with E-state index in [9.17, 15) is 0 Å². The second-order valence-corrected chi connectivity index (χ2v) is 6.34. The zero-order chi connectivity index (χ0) is 15.4. The smallest absolute Gasteiger partial charge is 0.186 e. The van der Waals surface area contributed by atoms with E-state index < -0.39 is 0 Å². The molecule has 0 fully saturated rings. The Labute approximate surface area is 134 Å². The lowest BCUT2D eigenvalue weighted by molar-refractivity contribution is 0.181. The van der Waals surface area contributed by atoms with Gasteiger partial charge in [0.2, 0.25) is 0 Å². The van der Waals surface area contributed by atoms with E-state index in [0.717, 1.165) is 26.3 Å². The molecular weight excluding hydrogens is 306 g/mol. The first kappa shape index (κ1) is 16.2. The van der Waals surface area contributed by atoms with E-state index in [1.54, 1.807) is 18.4 Å². The van der Waals surface area contributed by atoms with Crippen LogP contribution in [0.2, 0.25) is 5.02 Å². The monoisotopic (exact) mass is 325 g/mol. The van der Waals surface area contributed by atoms with Crippen molar-refractivity contribution < 1.29 is 4.74 Å². The summed E-state index contributed by atoms with van der Waals surface area (Å²) in [5.41, 5.74) is 7.86. The van der Waals surface area contributed by atoms with Crippen molar-refractivity contribution in [2.75, 3.05) is 19.1 Å². The van der Waals surface area contributed by atoms with E-state index in [1.807, 2.05) is 25.2 Å². The van der Waals surface area contributed by atoms with Crippen LogP contribution in [0.4, 0.5) is 5.13 Å². The summed E-state index contributed by atoms with van der Waals surface area (Å²) in [6.45, 7) is 3.10. The van der Waals surface area contributed by atoms with Crippen molar-refractivity contribution in [2.45, 2.75) is 26.1 Å². The molecule has 0 spiro atoms. The molecule has 1 aromatic carbocycles. The summed E-state index contributed by atoms with van der Waals surface area (Å²) in [6, 6.07) is 8.07. The lowest BCUT2D eigenvalue weighted by atomic mass is 10.1. The summed E-state index contributed by atoms with van der Waals surface area (Å²) in [6.07, 6.45) is 0. The van der Waals surface area contributed by atoms with Crippen LogP contribution < -0.4 is 10.6 Å². The fourth-order valence-electron chi connectivity index (χ4n) is 2.09. The molecule has 0 bridgehead atoms. The van der Waals surface area contributed by atoms with Crippen molar-refractivity contribution in [3.63, 3.8) is 0 Å². The van der Waals surface area contributed by atoms with Crippen LogP contribution in [-0.4, -0.2) is 19.1 Å². The number of halogens is 1. The number of anilines is 1. The van der Waals surface area contributed by atoms with Gasteiger partial charge < -0.3 is 15.4 Å². The first-order valence-electron chi connectivity index (χ1n) is 6.72. The fourth-order valence-corrected chi connectivity index (χ4v) is 3.27. The van der Waals surface area contributed by atoms with Gasteiger partial charge in [0.1, 0.15) is 0 Å². The van der Waals surface area contributed by atoms with E-state index in [2.05, 4.69) is 22.9 Å². The van der Waals surface area contributed by atoms with Crippen LogP contribution in [0.25, 0.3) is 0 Å². The molecule has 1 atom stereocenters. The van der Waals surface area contributed by atoms with Crippen LogP contribution in [0.15, 0.2) is 24.3 Å². The van der Waals surface area contributed by atoms with Crippen LogP contribution in [0.5, 0.6) is 0 Å². The largest absolute Gasteiger partial charge is 0.378 e. The number of nitrogens with zero attached hydrogens (tertiary/aromatic N) is 2. The number of hydrogen-bond donors (Lipinski definition) is 1. The first-order valence-corrected chi connectivity index (χ1v) is 7.92. The Balaban J connectivity index is 2.24. The van der Waals surface area contributed by atoms with Gasteiger partial charge in [-0.2, -0.15) is 0 Å². The van der Waals surface area contributed by atoms with Gasteiger partial charge in [0, 0.05) is 30.6 Å². The van der Waals surface area contributed by atoms with Crippen molar-refractivity contribution >= 4 is 28.1 Å². The molecule has 0 amide bonds. The number of thiazole rings is 1. The highest BCUT2D eigenvalue weighted by molar-refractivity contribution is 7.15. The average molecular weight is 326 g/mol. The highest BCUT2D eigenvalue weighted by Gasteiger charge is 2.18. The molecule has 1 aromatic heterocycles. The molecule has 2 N–H and O–H groups in total. The SMILES string of the molecule is COCc1nc(N(C)C(C)c2cccc(Cl)c2)sc1CN. The molecule has 21 heavy (non-hydrogen) atoms.